The van der Waals surface area contributed by atoms with Gasteiger partial charge in [-0.2, -0.15) is 0 Å². The third-order valence-electron chi connectivity index (χ3n) is 1.37. The lowest BCUT2D eigenvalue weighted by Gasteiger charge is -1.89. The lowest BCUT2D eigenvalue weighted by Crippen LogP contribution is -2.28. The monoisotopic (exact) mass is 136 g/mol. The van der Waals surface area contributed by atoms with Gasteiger partial charge in [-0.1, -0.05) is 13.2 Å². The van der Waals surface area contributed by atoms with E-state index in [2.05, 4.69) is 17.6 Å². The summed E-state index contributed by atoms with van der Waals surface area (Å²) < 4.78 is 4.66. The van der Waals surface area contributed by atoms with Crippen molar-refractivity contribution in [1.82, 2.24) is 0 Å². The zero-order chi connectivity index (χ0) is 7.72. The fraction of sp³-hybridized carbons (Fsp3) is 0.125. The molecule has 2 heteroatoms. The van der Waals surface area contributed by atoms with Gasteiger partial charge in [0.15, 0.2) is 0 Å². The SMILES string of the molecule is C=c1oc(=O)cc(C)c1=C. The first-order valence-corrected chi connectivity index (χ1v) is 2.90. The molecular formula is C8H8O2. The normalized spacial score (nSPS) is 9.70. The zero-order valence-electron chi connectivity index (χ0n) is 5.81. The van der Waals surface area contributed by atoms with Crippen LogP contribution in [0.4, 0.5) is 0 Å². The molecule has 2 nitrogen and oxygen atoms in total. The highest BCUT2D eigenvalue weighted by Gasteiger charge is 1.90. The lowest BCUT2D eigenvalue weighted by atomic mass is 10.2. The molecule has 0 saturated heterocycles. The van der Waals surface area contributed by atoms with E-state index in [1.165, 1.54) is 6.07 Å². The lowest BCUT2D eigenvalue weighted by molar-refractivity contribution is 0.473. The van der Waals surface area contributed by atoms with E-state index < -0.39 is 0 Å². The molecule has 0 saturated carbocycles. The Morgan fingerprint density at radius 1 is 1.50 bits per heavy atom. The van der Waals surface area contributed by atoms with Gasteiger partial charge in [-0.25, -0.2) is 4.79 Å². The van der Waals surface area contributed by atoms with Crippen LogP contribution in [0.2, 0.25) is 0 Å². The van der Waals surface area contributed by atoms with E-state index in [4.69, 9.17) is 0 Å². The van der Waals surface area contributed by atoms with Gasteiger partial charge in [-0.3, -0.25) is 0 Å². The second-order valence-electron chi connectivity index (χ2n) is 2.15. The Labute approximate surface area is 58.1 Å². The minimum Gasteiger partial charge on any atom is -0.423 e. The molecule has 1 heterocycles. The van der Waals surface area contributed by atoms with Crippen LogP contribution in [0, 0.1) is 6.92 Å². The maximum Gasteiger partial charge on any atom is 0.336 e. The van der Waals surface area contributed by atoms with E-state index in [1.807, 2.05) is 0 Å². The van der Waals surface area contributed by atoms with Crippen molar-refractivity contribution in [2.75, 3.05) is 0 Å². The molecule has 10 heavy (non-hydrogen) atoms. The van der Waals surface area contributed by atoms with Crippen LogP contribution in [0.25, 0.3) is 13.2 Å². The second kappa shape index (κ2) is 2.14. The van der Waals surface area contributed by atoms with Crippen molar-refractivity contribution in [1.29, 1.82) is 0 Å². The van der Waals surface area contributed by atoms with Crippen molar-refractivity contribution in [3.05, 3.63) is 32.7 Å². The fourth-order valence-corrected chi connectivity index (χ4v) is 0.696. The molecule has 1 aromatic rings. The summed E-state index contributed by atoms with van der Waals surface area (Å²) in [6, 6.07) is 1.40. The van der Waals surface area contributed by atoms with E-state index in [-0.39, 0.29) is 5.63 Å². The van der Waals surface area contributed by atoms with Gasteiger partial charge in [-0.05, 0) is 12.5 Å². The van der Waals surface area contributed by atoms with Gasteiger partial charge in [0.2, 0.25) is 0 Å². The standard InChI is InChI=1S/C8H8O2/c1-5-4-8(9)10-7(3)6(5)2/h4H,2-3H2,1H3. The van der Waals surface area contributed by atoms with E-state index >= 15 is 0 Å². The predicted octanol–water partition coefficient (Wildman–Crippen LogP) is -0.231. The molecule has 0 bridgehead atoms. The molecule has 0 radical (unpaired) electrons. The Morgan fingerprint density at radius 2 is 2.10 bits per heavy atom. The average molecular weight is 136 g/mol. The molecule has 0 unspecified atom stereocenters. The Kier molecular flexibility index (Phi) is 1.45. The molecular weight excluding hydrogens is 128 g/mol. The zero-order valence-corrected chi connectivity index (χ0v) is 5.81. The Morgan fingerprint density at radius 3 is 2.60 bits per heavy atom. The predicted molar refractivity (Wildman–Crippen MR) is 40.0 cm³/mol. The molecule has 1 rings (SSSR count). The van der Waals surface area contributed by atoms with Crippen molar-refractivity contribution in [3.8, 4) is 0 Å². The number of aryl methyl sites for hydroxylation is 1. The van der Waals surface area contributed by atoms with Gasteiger partial charge in [0.25, 0.3) is 0 Å². The maximum atomic E-state index is 10.6. The summed E-state index contributed by atoms with van der Waals surface area (Å²) in [5, 5.41) is 0.694. The Hall–Kier alpha value is -1.31. The molecule has 0 aromatic carbocycles. The smallest absolute Gasteiger partial charge is 0.336 e. The molecule has 0 aliphatic heterocycles. The van der Waals surface area contributed by atoms with Crippen LogP contribution in [0.5, 0.6) is 0 Å². The van der Waals surface area contributed by atoms with Gasteiger partial charge in [0.05, 0.1) is 0 Å². The third kappa shape index (κ3) is 1.00. The van der Waals surface area contributed by atoms with Crippen molar-refractivity contribution in [2.45, 2.75) is 6.92 Å². The van der Waals surface area contributed by atoms with Crippen LogP contribution in [0.15, 0.2) is 15.3 Å². The molecule has 0 amide bonds. The van der Waals surface area contributed by atoms with Crippen LogP contribution >= 0.6 is 0 Å². The number of rotatable bonds is 0. The highest BCUT2D eigenvalue weighted by molar-refractivity contribution is 5.16. The first-order chi connectivity index (χ1) is 4.61. The van der Waals surface area contributed by atoms with Crippen molar-refractivity contribution in [2.24, 2.45) is 0 Å². The summed E-state index contributed by atoms with van der Waals surface area (Å²) in [7, 11) is 0. The number of hydrogen-bond acceptors (Lipinski definition) is 2. The molecule has 1 aromatic heterocycles. The third-order valence-corrected chi connectivity index (χ3v) is 1.37. The van der Waals surface area contributed by atoms with Crippen molar-refractivity contribution in [3.63, 3.8) is 0 Å². The Bertz CT molecular complexity index is 387. The molecule has 0 aliphatic carbocycles. The molecule has 0 atom stereocenters. The minimum atomic E-state index is -0.366. The van der Waals surface area contributed by atoms with Crippen LogP contribution in [0.3, 0.4) is 0 Å². The molecule has 0 spiro atoms. The van der Waals surface area contributed by atoms with E-state index in [9.17, 15) is 4.79 Å². The summed E-state index contributed by atoms with van der Waals surface area (Å²) in [4.78, 5) is 10.6. The molecule has 0 fully saturated rings. The van der Waals surface area contributed by atoms with Gasteiger partial charge in [0, 0.05) is 11.3 Å². The first-order valence-electron chi connectivity index (χ1n) is 2.90. The molecule has 0 N–H and O–H groups in total. The summed E-state index contributed by atoms with van der Waals surface area (Å²) >= 11 is 0. The highest BCUT2D eigenvalue weighted by atomic mass is 16.4. The summed E-state index contributed by atoms with van der Waals surface area (Å²) in [5.74, 6) is 0. The summed E-state index contributed by atoms with van der Waals surface area (Å²) in [6.07, 6.45) is 0. The van der Waals surface area contributed by atoms with Gasteiger partial charge >= 0.3 is 5.63 Å². The molecule has 0 aliphatic rings. The summed E-state index contributed by atoms with van der Waals surface area (Å²) in [6.45, 7) is 8.98. The topological polar surface area (TPSA) is 30.2 Å². The maximum absolute atomic E-state index is 10.6. The first kappa shape index (κ1) is 6.81. The summed E-state index contributed by atoms with van der Waals surface area (Å²) in [5.41, 5.74) is 0.807. The van der Waals surface area contributed by atoms with Gasteiger partial charge < -0.3 is 4.42 Å². The van der Waals surface area contributed by atoms with Gasteiger partial charge in [0.1, 0.15) is 5.42 Å². The van der Waals surface area contributed by atoms with Crippen LogP contribution in [0.1, 0.15) is 5.56 Å². The van der Waals surface area contributed by atoms with Gasteiger partial charge in [-0.15, -0.1) is 0 Å². The largest absolute Gasteiger partial charge is 0.423 e. The minimum absolute atomic E-state index is 0.352. The Balaban J connectivity index is 3.80. The highest BCUT2D eigenvalue weighted by Crippen LogP contribution is 1.74. The average Bonchev–Trinajstić information content (AvgIpc) is 1.82. The van der Waals surface area contributed by atoms with Crippen LogP contribution in [-0.4, -0.2) is 0 Å². The van der Waals surface area contributed by atoms with Crippen LogP contribution in [-0.2, 0) is 0 Å². The van der Waals surface area contributed by atoms with Crippen LogP contribution < -0.4 is 16.3 Å². The fourth-order valence-electron chi connectivity index (χ4n) is 0.696. The second-order valence-corrected chi connectivity index (χ2v) is 2.15. The number of hydrogen-bond donors (Lipinski definition) is 0. The molecule has 52 valence electrons. The quantitative estimate of drug-likeness (QED) is 0.493. The van der Waals surface area contributed by atoms with Crippen molar-refractivity contribution < 1.29 is 4.42 Å². The van der Waals surface area contributed by atoms with Crippen molar-refractivity contribution >= 4 is 13.2 Å². The van der Waals surface area contributed by atoms with E-state index in [0.29, 0.717) is 10.6 Å². The van der Waals surface area contributed by atoms with E-state index in [1.54, 1.807) is 6.92 Å². The van der Waals surface area contributed by atoms with E-state index in [0.717, 1.165) is 5.56 Å².